The van der Waals surface area contributed by atoms with Crippen LogP contribution in [0.1, 0.15) is 19.5 Å². The van der Waals surface area contributed by atoms with E-state index in [2.05, 4.69) is 25.0 Å². The van der Waals surface area contributed by atoms with Crippen LogP contribution < -0.4 is 10.9 Å². The first-order chi connectivity index (χ1) is 10.1. The number of aryl methyl sites for hydroxylation is 1. The van der Waals surface area contributed by atoms with E-state index in [1.165, 1.54) is 17.9 Å². The summed E-state index contributed by atoms with van der Waals surface area (Å²) in [6, 6.07) is 0. The van der Waals surface area contributed by atoms with Crippen LogP contribution in [-0.4, -0.2) is 39.1 Å². The van der Waals surface area contributed by atoms with Gasteiger partial charge in [0.15, 0.2) is 5.65 Å². The number of nitrogens with one attached hydrogen (secondary N) is 1. The van der Waals surface area contributed by atoms with Gasteiger partial charge in [-0.3, -0.25) is 14.2 Å². The predicted octanol–water partition coefficient (Wildman–Crippen LogP) is 0.354. The summed E-state index contributed by atoms with van der Waals surface area (Å²) in [4.78, 5) is 36.3. The lowest BCUT2D eigenvalue weighted by atomic mass is 10.3. The molecule has 0 aliphatic rings. The number of aromatic nitrogens is 4. The Balaban J connectivity index is 2.61. The number of rotatable bonds is 5. The average Bonchev–Trinajstić information content (AvgIpc) is 2.48. The van der Waals surface area contributed by atoms with Gasteiger partial charge in [-0.2, -0.15) is 4.98 Å². The smallest absolute Gasteiger partial charge is 0.311 e. The number of hydrogen-bond acceptors (Lipinski definition) is 7. The van der Waals surface area contributed by atoms with Crippen LogP contribution in [0.3, 0.4) is 0 Å². The highest BCUT2D eigenvalue weighted by Crippen LogP contribution is 2.10. The highest BCUT2D eigenvalue weighted by molar-refractivity contribution is 5.74. The molecule has 112 valence electrons. The molecule has 0 spiro atoms. The summed E-state index contributed by atoms with van der Waals surface area (Å²) in [7, 11) is 1.27. The van der Waals surface area contributed by atoms with Gasteiger partial charge in [-0.15, -0.1) is 0 Å². The normalized spacial score (nSPS) is 10.6. The Morgan fingerprint density at radius 2 is 2.14 bits per heavy atom. The Morgan fingerprint density at radius 3 is 2.76 bits per heavy atom. The van der Waals surface area contributed by atoms with Gasteiger partial charge in [0.25, 0.3) is 5.56 Å². The summed E-state index contributed by atoms with van der Waals surface area (Å²) in [5.74, 6) is -0.0686. The molecule has 0 atom stereocenters. The molecule has 8 heteroatoms. The van der Waals surface area contributed by atoms with E-state index in [-0.39, 0.29) is 17.7 Å². The van der Waals surface area contributed by atoms with Gasteiger partial charge in [0.05, 0.1) is 19.7 Å². The fraction of sp³-hybridized carbons (Fsp3) is 0.462. The van der Waals surface area contributed by atoms with Crippen LogP contribution in [0.2, 0.25) is 0 Å². The Bertz CT molecular complexity index is 726. The maximum absolute atomic E-state index is 12.3. The van der Waals surface area contributed by atoms with Crippen LogP contribution in [0, 0.1) is 0 Å². The van der Waals surface area contributed by atoms with Gasteiger partial charge in [0.1, 0.15) is 11.2 Å². The van der Waals surface area contributed by atoms with E-state index in [0.717, 1.165) is 0 Å². The Hall–Kier alpha value is -2.51. The minimum Gasteiger partial charge on any atom is -0.469 e. The lowest BCUT2D eigenvalue weighted by Gasteiger charge is -2.10. The highest BCUT2D eigenvalue weighted by Gasteiger charge is 2.15. The fourth-order valence-corrected chi connectivity index (χ4v) is 1.95. The number of ether oxygens (including phenoxy) is 1. The van der Waals surface area contributed by atoms with Crippen molar-refractivity contribution in [1.82, 2.24) is 19.5 Å². The summed E-state index contributed by atoms with van der Waals surface area (Å²) < 4.78 is 6.05. The van der Waals surface area contributed by atoms with Crippen molar-refractivity contribution in [1.29, 1.82) is 0 Å². The molecule has 1 N–H and O–H groups in total. The van der Waals surface area contributed by atoms with Gasteiger partial charge in [0, 0.05) is 13.1 Å². The van der Waals surface area contributed by atoms with Crippen molar-refractivity contribution in [2.75, 3.05) is 19.0 Å². The molecule has 0 bridgehead atoms. The topological polar surface area (TPSA) is 99.0 Å². The van der Waals surface area contributed by atoms with Crippen LogP contribution >= 0.6 is 0 Å². The van der Waals surface area contributed by atoms with Gasteiger partial charge in [-0.25, -0.2) is 9.97 Å². The SMILES string of the molecule is CCNc1ncc2nc(CC(=O)OC)c(=O)n(CC)c2n1. The average molecular weight is 291 g/mol. The third-order valence-electron chi connectivity index (χ3n) is 2.94. The van der Waals surface area contributed by atoms with Crippen molar-refractivity contribution < 1.29 is 9.53 Å². The van der Waals surface area contributed by atoms with E-state index < -0.39 is 5.97 Å². The minimum atomic E-state index is -0.508. The van der Waals surface area contributed by atoms with Gasteiger partial charge in [-0.05, 0) is 13.8 Å². The van der Waals surface area contributed by atoms with E-state index in [1.807, 2.05) is 13.8 Å². The van der Waals surface area contributed by atoms with Crippen molar-refractivity contribution in [3.63, 3.8) is 0 Å². The highest BCUT2D eigenvalue weighted by atomic mass is 16.5. The molecule has 0 radical (unpaired) electrons. The molecular formula is C13H17N5O3. The largest absolute Gasteiger partial charge is 0.469 e. The van der Waals surface area contributed by atoms with Gasteiger partial charge in [-0.1, -0.05) is 0 Å². The first-order valence-corrected chi connectivity index (χ1v) is 6.67. The number of methoxy groups -OCH3 is 1. The fourth-order valence-electron chi connectivity index (χ4n) is 1.95. The number of esters is 1. The molecule has 0 aliphatic carbocycles. The summed E-state index contributed by atoms with van der Waals surface area (Å²) in [5, 5.41) is 2.99. The van der Waals surface area contributed by atoms with Crippen molar-refractivity contribution in [3.05, 3.63) is 22.2 Å². The molecule has 0 amide bonds. The van der Waals surface area contributed by atoms with Crippen molar-refractivity contribution in [2.24, 2.45) is 0 Å². The first kappa shape index (κ1) is 14.9. The lowest BCUT2D eigenvalue weighted by Crippen LogP contribution is -2.28. The Labute approximate surface area is 121 Å². The molecular weight excluding hydrogens is 274 g/mol. The van der Waals surface area contributed by atoms with Crippen molar-refractivity contribution >= 4 is 23.1 Å². The van der Waals surface area contributed by atoms with E-state index >= 15 is 0 Å². The number of carbonyl (C=O) groups is 1. The third kappa shape index (κ3) is 2.99. The predicted molar refractivity (Wildman–Crippen MR) is 77.2 cm³/mol. The molecule has 2 heterocycles. The monoisotopic (exact) mass is 291 g/mol. The van der Waals surface area contributed by atoms with E-state index in [1.54, 1.807) is 0 Å². The number of nitrogens with zero attached hydrogens (tertiary/aromatic N) is 4. The molecule has 0 fully saturated rings. The molecule has 2 rings (SSSR count). The van der Waals surface area contributed by atoms with Crippen LogP contribution in [-0.2, 0) is 22.5 Å². The number of carbonyl (C=O) groups excluding carboxylic acids is 1. The lowest BCUT2D eigenvalue weighted by molar-refractivity contribution is -0.139. The van der Waals surface area contributed by atoms with Gasteiger partial charge >= 0.3 is 5.97 Å². The van der Waals surface area contributed by atoms with Gasteiger partial charge in [0.2, 0.25) is 5.95 Å². The van der Waals surface area contributed by atoms with E-state index in [0.29, 0.717) is 30.2 Å². The summed E-state index contributed by atoms with van der Waals surface area (Å²) in [6.07, 6.45) is 1.37. The minimum absolute atomic E-state index is 0.135. The Kier molecular flexibility index (Phi) is 4.46. The molecule has 0 saturated heterocycles. The zero-order chi connectivity index (χ0) is 15.4. The summed E-state index contributed by atoms with van der Waals surface area (Å²) in [6.45, 7) is 4.86. The van der Waals surface area contributed by atoms with Crippen LogP contribution in [0.5, 0.6) is 0 Å². The third-order valence-corrected chi connectivity index (χ3v) is 2.94. The second-order valence-corrected chi connectivity index (χ2v) is 4.29. The van der Waals surface area contributed by atoms with Crippen molar-refractivity contribution in [2.45, 2.75) is 26.8 Å². The Morgan fingerprint density at radius 1 is 1.38 bits per heavy atom. The molecule has 2 aromatic rings. The summed E-state index contributed by atoms with van der Waals surface area (Å²) in [5.41, 5.74) is 0.714. The second-order valence-electron chi connectivity index (χ2n) is 4.29. The van der Waals surface area contributed by atoms with Crippen molar-refractivity contribution in [3.8, 4) is 0 Å². The quantitative estimate of drug-likeness (QED) is 0.794. The molecule has 0 saturated carbocycles. The van der Waals surface area contributed by atoms with Gasteiger partial charge < -0.3 is 10.1 Å². The molecule has 8 nitrogen and oxygen atoms in total. The zero-order valence-corrected chi connectivity index (χ0v) is 12.2. The molecule has 0 unspecified atom stereocenters. The number of anilines is 1. The zero-order valence-electron chi connectivity index (χ0n) is 12.2. The second kappa shape index (κ2) is 6.29. The first-order valence-electron chi connectivity index (χ1n) is 6.67. The standard InChI is InChI=1S/C13H17N5O3/c1-4-14-13-15-7-9-11(17-13)18(5-2)12(20)8(16-9)6-10(19)21-3/h7H,4-6H2,1-3H3,(H,14,15,17). The maximum atomic E-state index is 12.3. The van der Waals surface area contributed by atoms with Crippen LogP contribution in [0.25, 0.3) is 11.2 Å². The number of fused-ring (bicyclic) bond motifs is 1. The van der Waals surface area contributed by atoms with Crippen LogP contribution in [0.15, 0.2) is 11.0 Å². The molecule has 21 heavy (non-hydrogen) atoms. The molecule has 0 aliphatic heterocycles. The molecule has 0 aromatic carbocycles. The molecule has 2 aromatic heterocycles. The van der Waals surface area contributed by atoms with E-state index in [9.17, 15) is 9.59 Å². The maximum Gasteiger partial charge on any atom is 0.311 e. The summed E-state index contributed by atoms with van der Waals surface area (Å²) >= 11 is 0. The van der Waals surface area contributed by atoms with E-state index in [4.69, 9.17) is 0 Å². The van der Waals surface area contributed by atoms with Crippen LogP contribution in [0.4, 0.5) is 5.95 Å². The number of hydrogen-bond donors (Lipinski definition) is 1.